The first-order valence-electron chi connectivity index (χ1n) is 8.13. The quantitative estimate of drug-likeness (QED) is 0.737. The molecule has 8 heteroatoms. The van der Waals surface area contributed by atoms with Crippen LogP contribution in [0.1, 0.15) is 23.2 Å². The van der Waals surface area contributed by atoms with Crippen molar-refractivity contribution in [3.05, 3.63) is 17.7 Å². The second kappa shape index (κ2) is 8.57. The lowest BCUT2D eigenvalue weighted by Crippen LogP contribution is -2.46. The second-order valence-corrected chi connectivity index (χ2v) is 5.84. The lowest BCUT2D eigenvalue weighted by atomic mass is 10.0. The molecule has 2 rings (SSSR count). The van der Waals surface area contributed by atoms with Crippen molar-refractivity contribution in [1.82, 2.24) is 10.2 Å². The van der Waals surface area contributed by atoms with E-state index in [0.717, 1.165) is 12.8 Å². The Kier molecular flexibility index (Phi) is 6.46. The van der Waals surface area contributed by atoms with Gasteiger partial charge < -0.3 is 30.2 Å². The summed E-state index contributed by atoms with van der Waals surface area (Å²) in [5.74, 6) is 0.151. The molecule has 0 saturated carbocycles. The van der Waals surface area contributed by atoms with Crippen molar-refractivity contribution in [3.63, 3.8) is 0 Å². The molecule has 0 aliphatic carbocycles. The number of likely N-dealkylation sites (tertiary alicyclic amines) is 1. The number of nitrogens with two attached hydrogens (primary N) is 1. The maximum atomic E-state index is 12.8. The topological polar surface area (TPSA) is 103 Å². The predicted octanol–water partition coefficient (Wildman–Crippen LogP) is 0.392. The van der Waals surface area contributed by atoms with Crippen LogP contribution in [0.3, 0.4) is 0 Å². The number of likely N-dealkylation sites (N-methyl/N-ethyl adjacent to an activating group) is 1. The highest BCUT2D eigenvalue weighted by atomic mass is 16.5. The Hall–Kier alpha value is -2.48. The van der Waals surface area contributed by atoms with E-state index < -0.39 is 5.91 Å². The van der Waals surface area contributed by atoms with E-state index >= 15 is 0 Å². The van der Waals surface area contributed by atoms with Crippen molar-refractivity contribution in [2.75, 3.05) is 41.0 Å². The number of carbonyl (C=O) groups is 2. The van der Waals surface area contributed by atoms with Gasteiger partial charge in [-0.05, 0) is 32.0 Å². The van der Waals surface area contributed by atoms with Crippen LogP contribution in [-0.2, 0) is 4.79 Å². The zero-order chi connectivity index (χ0) is 18.4. The Labute approximate surface area is 147 Å². The molecule has 0 bridgehead atoms. The normalized spacial score (nSPS) is 17.1. The Morgan fingerprint density at radius 1 is 1.28 bits per heavy atom. The first-order chi connectivity index (χ1) is 12.0. The molecule has 1 atom stereocenters. The fraction of sp³-hybridized carbons (Fsp3) is 0.529. The van der Waals surface area contributed by atoms with Crippen LogP contribution in [0.4, 0.5) is 0 Å². The Bertz CT molecular complexity index is 610. The van der Waals surface area contributed by atoms with Crippen molar-refractivity contribution in [3.8, 4) is 17.2 Å². The van der Waals surface area contributed by atoms with Crippen LogP contribution in [0.15, 0.2) is 12.1 Å². The molecule has 0 spiro atoms. The van der Waals surface area contributed by atoms with E-state index in [2.05, 4.69) is 5.32 Å². The summed E-state index contributed by atoms with van der Waals surface area (Å²) in [7, 11) is 4.81. The summed E-state index contributed by atoms with van der Waals surface area (Å²) in [4.78, 5) is 25.6. The van der Waals surface area contributed by atoms with Crippen molar-refractivity contribution in [2.45, 2.75) is 18.9 Å². The van der Waals surface area contributed by atoms with E-state index in [-0.39, 0.29) is 18.3 Å². The number of carbonyl (C=O) groups excluding carboxylic acids is 2. The van der Waals surface area contributed by atoms with Gasteiger partial charge >= 0.3 is 0 Å². The van der Waals surface area contributed by atoms with E-state index in [1.165, 1.54) is 14.2 Å². The standard InChI is InChI=1S/C17H25N3O5/c1-19-12-5-4-6-20(9-12)17(22)11-7-13(23-2)16(14(8-11)24-3)25-10-15(18)21/h7-8,12,19H,4-6,9-10H2,1-3H3,(H2,18,21). The molecule has 25 heavy (non-hydrogen) atoms. The van der Waals surface area contributed by atoms with Gasteiger partial charge in [-0.1, -0.05) is 0 Å². The molecule has 1 fully saturated rings. The molecule has 1 aliphatic rings. The number of piperidine rings is 1. The highest BCUT2D eigenvalue weighted by Crippen LogP contribution is 2.39. The van der Waals surface area contributed by atoms with Crippen LogP contribution >= 0.6 is 0 Å². The van der Waals surface area contributed by atoms with E-state index in [9.17, 15) is 9.59 Å². The molecule has 1 aliphatic heterocycles. The van der Waals surface area contributed by atoms with Gasteiger partial charge in [0.25, 0.3) is 11.8 Å². The van der Waals surface area contributed by atoms with E-state index in [0.29, 0.717) is 36.2 Å². The summed E-state index contributed by atoms with van der Waals surface area (Å²) in [5.41, 5.74) is 5.55. The van der Waals surface area contributed by atoms with Crippen molar-refractivity contribution >= 4 is 11.8 Å². The Morgan fingerprint density at radius 3 is 2.44 bits per heavy atom. The first-order valence-corrected chi connectivity index (χ1v) is 8.13. The average molecular weight is 351 g/mol. The Morgan fingerprint density at radius 2 is 1.92 bits per heavy atom. The fourth-order valence-electron chi connectivity index (χ4n) is 2.87. The number of hydrogen-bond donors (Lipinski definition) is 2. The minimum Gasteiger partial charge on any atom is -0.493 e. The van der Waals surface area contributed by atoms with Gasteiger partial charge in [-0.15, -0.1) is 0 Å². The van der Waals surface area contributed by atoms with Crippen LogP contribution in [0.2, 0.25) is 0 Å². The maximum Gasteiger partial charge on any atom is 0.255 e. The number of primary amides is 1. The zero-order valence-electron chi connectivity index (χ0n) is 14.8. The summed E-state index contributed by atoms with van der Waals surface area (Å²) in [5, 5.41) is 3.21. The lowest BCUT2D eigenvalue weighted by Gasteiger charge is -2.32. The summed E-state index contributed by atoms with van der Waals surface area (Å²) in [6.07, 6.45) is 2.00. The summed E-state index contributed by atoms with van der Waals surface area (Å²) >= 11 is 0. The van der Waals surface area contributed by atoms with Gasteiger partial charge in [-0.25, -0.2) is 0 Å². The number of nitrogens with zero attached hydrogens (tertiary/aromatic N) is 1. The second-order valence-electron chi connectivity index (χ2n) is 5.84. The zero-order valence-corrected chi connectivity index (χ0v) is 14.8. The molecule has 1 aromatic rings. The van der Waals surface area contributed by atoms with Gasteiger partial charge in [0, 0.05) is 24.7 Å². The summed E-state index contributed by atoms with van der Waals surface area (Å²) < 4.78 is 16.0. The predicted molar refractivity (Wildman–Crippen MR) is 92.2 cm³/mol. The van der Waals surface area contributed by atoms with Crippen LogP contribution in [0, 0.1) is 0 Å². The van der Waals surface area contributed by atoms with Gasteiger partial charge in [-0.2, -0.15) is 0 Å². The van der Waals surface area contributed by atoms with E-state index in [1.54, 1.807) is 12.1 Å². The number of rotatable bonds is 7. The molecule has 1 saturated heterocycles. The number of amides is 2. The van der Waals surface area contributed by atoms with Crippen LogP contribution in [0.5, 0.6) is 17.2 Å². The number of benzene rings is 1. The number of hydrogen-bond acceptors (Lipinski definition) is 6. The molecular weight excluding hydrogens is 326 g/mol. The monoisotopic (exact) mass is 351 g/mol. The third-order valence-electron chi connectivity index (χ3n) is 4.18. The lowest BCUT2D eigenvalue weighted by molar-refractivity contribution is -0.120. The number of ether oxygens (including phenoxy) is 3. The molecule has 0 radical (unpaired) electrons. The minimum absolute atomic E-state index is 0.0991. The smallest absolute Gasteiger partial charge is 0.255 e. The molecule has 138 valence electrons. The van der Waals surface area contributed by atoms with Crippen LogP contribution in [0.25, 0.3) is 0 Å². The van der Waals surface area contributed by atoms with Crippen molar-refractivity contribution in [1.29, 1.82) is 0 Å². The molecule has 0 aromatic heterocycles. The third-order valence-corrected chi connectivity index (χ3v) is 4.18. The van der Waals surface area contributed by atoms with Gasteiger partial charge in [0.1, 0.15) is 0 Å². The molecule has 1 aromatic carbocycles. The molecule has 1 heterocycles. The van der Waals surface area contributed by atoms with E-state index in [1.807, 2.05) is 11.9 Å². The Balaban J connectivity index is 2.28. The van der Waals surface area contributed by atoms with Gasteiger partial charge in [0.15, 0.2) is 18.1 Å². The van der Waals surface area contributed by atoms with Crippen LogP contribution < -0.4 is 25.3 Å². The SMILES string of the molecule is CNC1CCCN(C(=O)c2cc(OC)c(OCC(N)=O)c(OC)c2)C1. The number of nitrogens with one attached hydrogen (secondary N) is 1. The highest BCUT2D eigenvalue weighted by Gasteiger charge is 2.26. The maximum absolute atomic E-state index is 12.8. The molecular formula is C17H25N3O5. The number of methoxy groups -OCH3 is 2. The minimum atomic E-state index is -0.615. The highest BCUT2D eigenvalue weighted by molar-refractivity contribution is 5.95. The van der Waals surface area contributed by atoms with Crippen molar-refractivity contribution < 1.29 is 23.8 Å². The molecule has 8 nitrogen and oxygen atoms in total. The summed E-state index contributed by atoms with van der Waals surface area (Å²) in [6, 6.07) is 3.47. The third kappa shape index (κ3) is 4.54. The molecule has 3 N–H and O–H groups in total. The van der Waals surface area contributed by atoms with Gasteiger partial charge in [-0.3, -0.25) is 9.59 Å². The first kappa shape index (κ1) is 18.9. The largest absolute Gasteiger partial charge is 0.493 e. The molecule has 2 amide bonds. The fourth-order valence-corrected chi connectivity index (χ4v) is 2.87. The average Bonchev–Trinajstić information content (AvgIpc) is 2.64. The van der Waals surface area contributed by atoms with E-state index in [4.69, 9.17) is 19.9 Å². The van der Waals surface area contributed by atoms with Gasteiger partial charge in [0.05, 0.1) is 14.2 Å². The molecule has 1 unspecified atom stereocenters. The summed E-state index contributed by atoms with van der Waals surface area (Å²) in [6.45, 7) is 1.05. The van der Waals surface area contributed by atoms with Crippen molar-refractivity contribution in [2.24, 2.45) is 5.73 Å². The van der Waals surface area contributed by atoms with Gasteiger partial charge in [0.2, 0.25) is 5.75 Å². The van der Waals surface area contributed by atoms with Crippen LogP contribution in [-0.4, -0.2) is 63.7 Å².